The van der Waals surface area contributed by atoms with Gasteiger partial charge in [0.1, 0.15) is 4.32 Å². The molecule has 0 aliphatic heterocycles. The molecule has 1 N–H and O–H groups in total. The molecule has 1 aromatic carbocycles. The van der Waals surface area contributed by atoms with Gasteiger partial charge in [-0.25, -0.2) is 0 Å². The average molecular weight is 248 g/mol. The van der Waals surface area contributed by atoms with Crippen LogP contribution in [0.15, 0.2) is 28.7 Å². The Morgan fingerprint density at radius 1 is 1.45 bits per heavy atom. The number of hydrogen-bond acceptors (Lipinski definition) is 1. The van der Waals surface area contributed by atoms with Gasteiger partial charge < -0.3 is 5.32 Å². The predicted molar refractivity (Wildman–Crippen MR) is 59.3 cm³/mol. The van der Waals surface area contributed by atoms with E-state index in [0.717, 1.165) is 10.2 Å². The van der Waals surface area contributed by atoms with Crippen LogP contribution in [-0.2, 0) is 0 Å². The summed E-state index contributed by atoms with van der Waals surface area (Å²) < 4.78 is 1.45. The van der Waals surface area contributed by atoms with Crippen molar-refractivity contribution < 1.29 is 0 Å². The number of para-hydroxylation sites is 1. The van der Waals surface area contributed by atoms with Crippen molar-refractivity contribution in [2.24, 2.45) is 0 Å². The van der Waals surface area contributed by atoms with Gasteiger partial charge in [-0.05, 0) is 28.1 Å². The molecule has 0 radical (unpaired) electrons. The van der Waals surface area contributed by atoms with Crippen molar-refractivity contribution in [1.29, 1.82) is 0 Å². The van der Waals surface area contributed by atoms with Crippen LogP contribution >= 0.6 is 40.8 Å². The smallest absolute Gasteiger partial charge is 0.135 e. The highest BCUT2D eigenvalue weighted by Gasteiger charge is 1.96. The molecule has 0 aromatic heterocycles. The number of halogens is 1. The van der Waals surface area contributed by atoms with Gasteiger partial charge in [0.15, 0.2) is 0 Å². The zero-order valence-electron chi connectivity index (χ0n) is 5.54. The van der Waals surface area contributed by atoms with Crippen molar-refractivity contribution in [3.63, 3.8) is 0 Å². The molecule has 0 spiro atoms. The third-order valence-electron chi connectivity index (χ3n) is 1.12. The Morgan fingerprint density at radius 3 is 2.64 bits per heavy atom. The molecule has 1 rings (SSSR count). The monoisotopic (exact) mass is 247 g/mol. The Hall–Kier alpha value is -0.0600. The highest BCUT2D eigenvalue weighted by molar-refractivity contribution is 9.10. The third-order valence-corrected chi connectivity index (χ3v) is 2.02. The van der Waals surface area contributed by atoms with Crippen LogP contribution < -0.4 is 5.32 Å². The Morgan fingerprint density at radius 2 is 2.09 bits per heavy atom. The van der Waals surface area contributed by atoms with Crippen LogP contribution in [0.25, 0.3) is 0 Å². The van der Waals surface area contributed by atoms with E-state index in [0.29, 0.717) is 4.32 Å². The summed E-state index contributed by atoms with van der Waals surface area (Å²) in [7, 11) is 0. The molecule has 0 atom stereocenters. The molecule has 0 bridgehead atoms. The van der Waals surface area contributed by atoms with E-state index in [9.17, 15) is 0 Å². The first-order chi connectivity index (χ1) is 5.20. The molecule has 4 heteroatoms. The standard InChI is InChI=1S/C7H6BrNS2/c8-5-3-1-2-4-6(5)9-7(10)11/h1-4H,(H2,9,10,11). The van der Waals surface area contributed by atoms with Gasteiger partial charge in [-0.2, -0.15) is 0 Å². The Kier molecular flexibility index (Phi) is 3.36. The number of thiocarbonyl (C=S) groups is 1. The van der Waals surface area contributed by atoms with Crippen LogP contribution in [0, 0.1) is 0 Å². The number of thiol groups is 1. The van der Waals surface area contributed by atoms with Crippen LogP contribution in [-0.4, -0.2) is 4.32 Å². The Labute approximate surface area is 84.7 Å². The fourth-order valence-corrected chi connectivity index (χ4v) is 1.29. The number of rotatable bonds is 1. The number of benzene rings is 1. The summed E-state index contributed by atoms with van der Waals surface area (Å²) in [6.07, 6.45) is 0. The van der Waals surface area contributed by atoms with Gasteiger partial charge in [0.25, 0.3) is 0 Å². The first-order valence-corrected chi connectivity index (χ1v) is 4.59. The van der Waals surface area contributed by atoms with E-state index >= 15 is 0 Å². The lowest BCUT2D eigenvalue weighted by molar-refractivity contribution is 1.61. The van der Waals surface area contributed by atoms with E-state index in [4.69, 9.17) is 12.2 Å². The van der Waals surface area contributed by atoms with Gasteiger partial charge in [-0.1, -0.05) is 24.4 Å². The summed E-state index contributed by atoms with van der Waals surface area (Å²) in [5.74, 6) is 0. The normalized spacial score (nSPS) is 9.27. The van der Waals surface area contributed by atoms with Crippen molar-refractivity contribution in [2.75, 3.05) is 5.32 Å². The van der Waals surface area contributed by atoms with Crippen molar-refractivity contribution >= 4 is 50.8 Å². The minimum Gasteiger partial charge on any atom is -0.340 e. The van der Waals surface area contributed by atoms with Crippen LogP contribution in [0.2, 0.25) is 0 Å². The van der Waals surface area contributed by atoms with Gasteiger partial charge in [0.05, 0.1) is 5.69 Å². The molecule has 0 unspecified atom stereocenters. The minimum absolute atomic E-state index is 0.469. The highest BCUT2D eigenvalue weighted by Crippen LogP contribution is 2.21. The average Bonchev–Trinajstić information content (AvgIpc) is 1.93. The lowest BCUT2D eigenvalue weighted by Crippen LogP contribution is -2.00. The maximum atomic E-state index is 4.77. The largest absolute Gasteiger partial charge is 0.340 e. The SMILES string of the molecule is S=C(S)Nc1ccccc1Br. The second kappa shape index (κ2) is 4.09. The molecule has 0 aliphatic rings. The van der Waals surface area contributed by atoms with Gasteiger partial charge >= 0.3 is 0 Å². The summed E-state index contributed by atoms with van der Waals surface area (Å²) in [5, 5.41) is 2.92. The quantitative estimate of drug-likeness (QED) is 0.585. The summed E-state index contributed by atoms with van der Waals surface area (Å²) in [5.41, 5.74) is 0.938. The molecule has 0 aliphatic carbocycles. The third kappa shape index (κ3) is 2.81. The summed E-state index contributed by atoms with van der Waals surface area (Å²) >= 11 is 12.1. The van der Waals surface area contributed by atoms with Crippen LogP contribution in [0.5, 0.6) is 0 Å². The van der Waals surface area contributed by atoms with E-state index in [2.05, 4.69) is 33.9 Å². The molecule has 0 heterocycles. The van der Waals surface area contributed by atoms with Crippen LogP contribution in [0.3, 0.4) is 0 Å². The number of hydrogen-bond donors (Lipinski definition) is 2. The number of nitrogens with one attached hydrogen (secondary N) is 1. The fourth-order valence-electron chi connectivity index (χ4n) is 0.678. The first-order valence-electron chi connectivity index (χ1n) is 2.94. The van der Waals surface area contributed by atoms with E-state index in [-0.39, 0.29) is 0 Å². The Bertz CT molecular complexity index is 275. The number of anilines is 1. The fraction of sp³-hybridized carbons (Fsp3) is 0. The van der Waals surface area contributed by atoms with Crippen molar-refractivity contribution in [3.05, 3.63) is 28.7 Å². The first kappa shape index (κ1) is 9.03. The van der Waals surface area contributed by atoms with Gasteiger partial charge in [0.2, 0.25) is 0 Å². The maximum Gasteiger partial charge on any atom is 0.135 e. The molecular weight excluding hydrogens is 242 g/mol. The molecule has 0 saturated heterocycles. The second-order valence-electron chi connectivity index (χ2n) is 1.91. The topological polar surface area (TPSA) is 12.0 Å². The molecule has 0 fully saturated rings. The molecule has 1 nitrogen and oxygen atoms in total. The Balaban J connectivity index is 2.86. The lowest BCUT2D eigenvalue weighted by atomic mass is 10.3. The maximum absolute atomic E-state index is 4.77. The molecular formula is C7H6BrNS2. The van der Waals surface area contributed by atoms with E-state index < -0.39 is 0 Å². The predicted octanol–water partition coefficient (Wildman–Crippen LogP) is 3.08. The van der Waals surface area contributed by atoms with Gasteiger partial charge in [0, 0.05) is 4.47 Å². The zero-order valence-corrected chi connectivity index (χ0v) is 8.84. The van der Waals surface area contributed by atoms with E-state index in [1.165, 1.54) is 0 Å². The van der Waals surface area contributed by atoms with Crippen LogP contribution in [0.1, 0.15) is 0 Å². The second-order valence-corrected chi connectivity index (χ2v) is 3.92. The molecule has 11 heavy (non-hydrogen) atoms. The highest BCUT2D eigenvalue weighted by atomic mass is 79.9. The summed E-state index contributed by atoms with van der Waals surface area (Å²) in [6, 6.07) is 7.73. The van der Waals surface area contributed by atoms with Crippen molar-refractivity contribution in [1.82, 2.24) is 0 Å². The molecule has 1 aromatic rings. The van der Waals surface area contributed by atoms with Gasteiger partial charge in [-0.15, -0.1) is 12.6 Å². The molecule has 0 amide bonds. The summed E-state index contributed by atoms with van der Waals surface area (Å²) in [6.45, 7) is 0. The summed E-state index contributed by atoms with van der Waals surface area (Å²) in [4.78, 5) is 0. The molecule has 0 saturated carbocycles. The minimum atomic E-state index is 0.469. The molecule has 58 valence electrons. The zero-order chi connectivity index (χ0) is 8.27. The van der Waals surface area contributed by atoms with Crippen molar-refractivity contribution in [2.45, 2.75) is 0 Å². The van der Waals surface area contributed by atoms with Crippen LogP contribution in [0.4, 0.5) is 5.69 Å². The van der Waals surface area contributed by atoms with Gasteiger partial charge in [-0.3, -0.25) is 0 Å². The van der Waals surface area contributed by atoms with Crippen molar-refractivity contribution in [3.8, 4) is 0 Å². The lowest BCUT2D eigenvalue weighted by Gasteiger charge is -2.03. The van der Waals surface area contributed by atoms with E-state index in [1.54, 1.807) is 0 Å². The van der Waals surface area contributed by atoms with E-state index in [1.807, 2.05) is 24.3 Å².